The molecular formula is C23H26N4O2S. The third kappa shape index (κ3) is 4.19. The number of ether oxygens (including phenoxy) is 2. The molecule has 6 nitrogen and oxygen atoms in total. The van der Waals surface area contributed by atoms with Gasteiger partial charge in [0.05, 0.1) is 19.4 Å². The van der Waals surface area contributed by atoms with E-state index in [0.717, 1.165) is 42.0 Å². The van der Waals surface area contributed by atoms with Crippen LogP contribution in [0.15, 0.2) is 41.9 Å². The van der Waals surface area contributed by atoms with Crippen LogP contribution in [0.25, 0.3) is 0 Å². The summed E-state index contributed by atoms with van der Waals surface area (Å²) in [5.74, 6) is 1.80. The Bertz CT molecular complexity index is 1010. The summed E-state index contributed by atoms with van der Waals surface area (Å²) < 4.78 is 11.8. The number of benzene rings is 1. The van der Waals surface area contributed by atoms with Crippen molar-refractivity contribution in [1.29, 1.82) is 0 Å². The normalized spacial score (nSPS) is 18.9. The van der Waals surface area contributed by atoms with Crippen LogP contribution in [-0.2, 0) is 24.1 Å². The summed E-state index contributed by atoms with van der Waals surface area (Å²) in [5, 5.41) is 6.05. The standard InChI is InChI=1S/C23H26N4O2S/c1-28-20-13-17-5-2-4-16(17)12-18(20)14-27-9-10-29-21(15-27)19-6-3-7-22(25-19)26-23-24-8-11-30-23/h3,6-8,11-13,21H,2,4-5,9-10,14-15H2,1H3,(H,24,25,26). The predicted octanol–water partition coefficient (Wildman–Crippen LogP) is 4.35. The molecular weight excluding hydrogens is 396 g/mol. The Balaban J connectivity index is 1.30. The average Bonchev–Trinajstić information content (AvgIpc) is 3.45. The van der Waals surface area contributed by atoms with Crippen LogP contribution in [0, 0.1) is 0 Å². The van der Waals surface area contributed by atoms with Gasteiger partial charge < -0.3 is 14.8 Å². The van der Waals surface area contributed by atoms with Crippen molar-refractivity contribution in [3.63, 3.8) is 0 Å². The number of anilines is 2. The van der Waals surface area contributed by atoms with Gasteiger partial charge >= 0.3 is 0 Å². The predicted molar refractivity (Wildman–Crippen MR) is 119 cm³/mol. The monoisotopic (exact) mass is 422 g/mol. The molecule has 1 N–H and O–H groups in total. The Hall–Kier alpha value is -2.48. The molecule has 1 unspecified atom stereocenters. The van der Waals surface area contributed by atoms with Crippen molar-refractivity contribution in [1.82, 2.24) is 14.9 Å². The average molecular weight is 423 g/mol. The lowest BCUT2D eigenvalue weighted by atomic mass is 10.0. The van der Waals surface area contributed by atoms with Crippen molar-refractivity contribution < 1.29 is 9.47 Å². The lowest BCUT2D eigenvalue weighted by Gasteiger charge is -2.33. The number of morpholine rings is 1. The molecule has 1 aromatic carbocycles. The number of aromatic nitrogens is 2. The van der Waals surface area contributed by atoms with Crippen molar-refractivity contribution in [2.75, 3.05) is 32.1 Å². The highest BCUT2D eigenvalue weighted by Crippen LogP contribution is 2.32. The fourth-order valence-corrected chi connectivity index (χ4v) is 4.86. The fourth-order valence-electron chi connectivity index (χ4n) is 4.33. The number of methoxy groups -OCH3 is 1. The first-order valence-electron chi connectivity index (χ1n) is 10.4. The van der Waals surface area contributed by atoms with Gasteiger partial charge in [-0.15, -0.1) is 11.3 Å². The molecule has 2 aliphatic rings. The molecule has 1 aliphatic heterocycles. The molecule has 3 aromatic rings. The van der Waals surface area contributed by atoms with E-state index >= 15 is 0 Å². The summed E-state index contributed by atoms with van der Waals surface area (Å²) in [5.41, 5.74) is 5.15. The van der Waals surface area contributed by atoms with Crippen molar-refractivity contribution in [2.24, 2.45) is 0 Å². The second-order valence-electron chi connectivity index (χ2n) is 7.79. The minimum atomic E-state index is -0.0442. The first-order valence-corrected chi connectivity index (χ1v) is 11.3. The summed E-state index contributed by atoms with van der Waals surface area (Å²) in [6.07, 6.45) is 5.34. The third-order valence-electron chi connectivity index (χ3n) is 5.81. The number of aryl methyl sites for hydroxylation is 2. The maximum atomic E-state index is 6.08. The second-order valence-corrected chi connectivity index (χ2v) is 8.69. The van der Waals surface area contributed by atoms with Crippen LogP contribution in [0.5, 0.6) is 5.75 Å². The van der Waals surface area contributed by atoms with E-state index < -0.39 is 0 Å². The molecule has 0 saturated carbocycles. The SMILES string of the molecule is COc1cc2c(cc1CN1CCOC(c3cccc(Nc4nccs4)n3)C1)CCC2. The maximum Gasteiger partial charge on any atom is 0.188 e. The Morgan fingerprint density at radius 2 is 2.17 bits per heavy atom. The van der Waals surface area contributed by atoms with Crippen LogP contribution < -0.4 is 10.1 Å². The van der Waals surface area contributed by atoms with Gasteiger partial charge in [-0.25, -0.2) is 9.97 Å². The number of pyridine rings is 1. The summed E-state index contributed by atoms with van der Waals surface area (Å²) in [6.45, 7) is 3.29. The van der Waals surface area contributed by atoms with E-state index in [9.17, 15) is 0 Å². The fraction of sp³-hybridized carbons (Fsp3) is 0.391. The molecule has 2 aromatic heterocycles. The van der Waals surface area contributed by atoms with Gasteiger partial charge in [-0.05, 0) is 48.6 Å². The third-order valence-corrected chi connectivity index (χ3v) is 6.50. The number of nitrogens with zero attached hydrogens (tertiary/aromatic N) is 3. The number of fused-ring (bicyclic) bond motifs is 1. The highest BCUT2D eigenvalue weighted by Gasteiger charge is 2.25. The van der Waals surface area contributed by atoms with E-state index in [-0.39, 0.29) is 6.10 Å². The molecule has 1 fully saturated rings. The lowest BCUT2D eigenvalue weighted by Crippen LogP contribution is -2.38. The molecule has 30 heavy (non-hydrogen) atoms. The first kappa shape index (κ1) is 19.5. The number of hydrogen-bond donors (Lipinski definition) is 1. The van der Waals surface area contributed by atoms with Crippen molar-refractivity contribution in [3.05, 3.63) is 64.3 Å². The Morgan fingerprint density at radius 3 is 3.00 bits per heavy atom. The van der Waals surface area contributed by atoms with Gasteiger partial charge in [-0.1, -0.05) is 12.1 Å². The molecule has 0 radical (unpaired) electrons. The number of thiazole rings is 1. The summed E-state index contributed by atoms with van der Waals surface area (Å²) in [7, 11) is 1.77. The van der Waals surface area contributed by atoms with Gasteiger partial charge in [-0.2, -0.15) is 0 Å². The van der Waals surface area contributed by atoms with Gasteiger partial charge in [0.15, 0.2) is 5.13 Å². The van der Waals surface area contributed by atoms with E-state index in [1.807, 2.05) is 23.6 Å². The Kier molecular flexibility index (Phi) is 5.66. The van der Waals surface area contributed by atoms with Crippen LogP contribution in [0.3, 0.4) is 0 Å². The van der Waals surface area contributed by atoms with Crippen LogP contribution in [0.1, 0.15) is 34.9 Å². The topological polar surface area (TPSA) is 59.5 Å². The largest absolute Gasteiger partial charge is 0.496 e. The molecule has 5 rings (SSSR count). The summed E-state index contributed by atoms with van der Waals surface area (Å²) in [6, 6.07) is 10.6. The molecule has 7 heteroatoms. The van der Waals surface area contributed by atoms with Gasteiger partial charge in [0.1, 0.15) is 17.7 Å². The van der Waals surface area contributed by atoms with E-state index in [0.29, 0.717) is 6.61 Å². The smallest absolute Gasteiger partial charge is 0.188 e. The molecule has 1 aliphatic carbocycles. The van der Waals surface area contributed by atoms with Crippen molar-refractivity contribution >= 4 is 22.3 Å². The number of rotatable bonds is 6. The Labute approximate surface area is 180 Å². The van der Waals surface area contributed by atoms with E-state index in [2.05, 4.69) is 27.3 Å². The van der Waals surface area contributed by atoms with E-state index in [1.54, 1.807) is 24.6 Å². The van der Waals surface area contributed by atoms with Crippen LogP contribution in [-0.4, -0.2) is 41.7 Å². The van der Waals surface area contributed by atoms with Gasteiger partial charge in [-0.3, -0.25) is 4.90 Å². The van der Waals surface area contributed by atoms with Crippen LogP contribution >= 0.6 is 11.3 Å². The zero-order valence-corrected chi connectivity index (χ0v) is 18.0. The van der Waals surface area contributed by atoms with Gasteiger partial charge in [0, 0.05) is 36.8 Å². The zero-order chi connectivity index (χ0) is 20.3. The summed E-state index contributed by atoms with van der Waals surface area (Å²) in [4.78, 5) is 11.5. The molecule has 1 atom stereocenters. The lowest BCUT2D eigenvalue weighted by molar-refractivity contribution is -0.0351. The minimum Gasteiger partial charge on any atom is -0.496 e. The van der Waals surface area contributed by atoms with E-state index in [4.69, 9.17) is 14.5 Å². The number of nitrogens with one attached hydrogen (secondary N) is 1. The number of hydrogen-bond acceptors (Lipinski definition) is 7. The van der Waals surface area contributed by atoms with Crippen molar-refractivity contribution in [3.8, 4) is 5.75 Å². The van der Waals surface area contributed by atoms with Crippen LogP contribution in [0.2, 0.25) is 0 Å². The summed E-state index contributed by atoms with van der Waals surface area (Å²) >= 11 is 1.56. The highest BCUT2D eigenvalue weighted by atomic mass is 32.1. The van der Waals surface area contributed by atoms with E-state index in [1.165, 1.54) is 36.0 Å². The first-order chi connectivity index (χ1) is 14.8. The quantitative estimate of drug-likeness (QED) is 0.637. The molecule has 3 heterocycles. The van der Waals surface area contributed by atoms with Gasteiger partial charge in [0.25, 0.3) is 0 Å². The zero-order valence-electron chi connectivity index (χ0n) is 17.1. The molecule has 1 saturated heterocycles. The van der Waals surface area contributed by atoms with Crippen LogP contribution in [0.4, 0.5) is 10.9 Å². The van der Waals surface area contributed by atoms with Gasteiger partial charge in [0.2, 0.25) is 0 Å². The van der Waals surface area contributed by atoms with Crippen molar-refractivity contribution in [2.45, 2.75) is 31.9 Å². The molecule has 0 bridgehead atoms. The Morgan fingerprint density at radius 1 is 1.27 bits per heavy atom. The highest BCUT2D eigenvalue weighted by molar-refractivity contribution is 7.13. The second kappa shape index (κ2) is 8.71. The molecule has 0 amide bonds. The maximum absolute atomic E-state index is 6.08. The molecule has 0 spiro atoms. The molecule has 156 valence electrons. The minimum absolute atomic E-state index is 0.0442.